The molecule has 1 heterocycles. The van der Waals surface area contributed by atoms with Crippen molar-refractivity contribution in [2.24, 2.45) is 0 Å². The molecule has 0 saturated heterocycles. The molecule has 0 bridgehead atoms. The molecule has 0 fully saturated rings. The van der Waals surface area contributed by atoms with Gasteiger partial charge in [-0.15, -0.1) is 0 Å². The third kappa shape index (κ3) is 8.02. The largest absolute Gasteiger partial charge is 0.487 e. The highest BCUT2D eigenvalue weighted by atomic mass is 16.6. The first-order valence-corrected chi connectivity index (χ1v) is 8.66. The van der Waals surface area contributed by atoms with Crippen molar-refractivity contribution in [1.82, 2.24) is 0 Å². The number of aliphatic hydroxyl groups excluding tert-OH is 1. The SMILES string of the molecule is C[C@@H](O)c1ccc2c(c1)OCCOCCOCCOCCOCCO2. The van der Waals surface area contributed by atoms with Crippen LogP contribution in [0, 0.1) is 0 Å². The van der Waals surface area contributed by atoms with Crippen molar-refractivity contribution in [2.45, 2.75) is 13.0 Å². The molecule has 0 unspecified atom stereocenters. The molecule has 142 valence electrons. The molecule has 1 aromatic rings. The minimum absolute atomic E-state index is 0.388. The maximum absolute atomic E-state index is 9.74. The molecular formula is C18H28O7. The second-order valence-electron chi connectivity index (χ2n) is 5.53. The molecule has 0 aromatic heterocycles. The van der Waals surface area contributed by atoms with E-state index in [2.05, 4.69) is 0 Å². The van der Waals surface area contributed by atoms with Crippen LogP contribution in [0.3, 0.4) is 0 Å². The Labute approximate surface area is 148 Å². The summed E-state index contributed by atoms with van der Waals surface area (Å²) in [6, 6.07) is 5.41. The fraction of sp³-hybridized carbons (Fsp3) is 0.667. The van der Waals surface area contributed by atoms with Crippen molar-refractivity contribution >= 4 is 0 Å². The van der Waals surface area contributed by atoms with Crippen molar-refractivity contribution < 1.29 is 33.5 Å². The van der Waals surface area contributed by atoms with Crippen molar-refractivity contribution in [1.29, 1.82) is 0 Å². The summed E-state index contributed by atoms with van der Waals surface area (Å²) in [5, 5.41) is 9.74. The van der Waals surface area contributed by atoms with Crippen LogP contribution in [-0.4, -0.2) is 71.2 Å². The van der Waals surface area contributed by atoms with Crippen LogP contribution in [-0.2, 0) is 18.9 Å². The third-order valence-corrected chi connectivity index (χ3v) is 3.54. The average molecular weight is 356 g/mol. The van der Waals surface area contributed by atoms with E-state index in [1.807, 2.05) is 6.07 Å². The summed E-state index contributed by atoms with van der Waals surface area (Å²) >= 11 is 0. The monoisotopic (exact) mass is 356 g/mol. The van der Waals surface area contributed by atoms with Crippen LogP contribution in [0.15, 0.2) is 18.2 Å². The number of ether oxygens (including phenoxy) is 6. The molecule has 25 heavy (non-hydrogen) atoms. The Morgan fingerprint density at radius 1 is 0.680 bits per heavy atom. The fourth-order valence-corrected chi connectivity index (χ4v) is 2.20. The van der Waals surface area contributed by atoms with Gasteiger partial charge in [0, 0.05) is 0 Å². The van der Waals surface area contributed by atoms with Crippen molar-refractivity contribution in [2.75, 3.05) is 66.1 Å². The lowest BCUT2D eigenvalue weighted by Crippen LogP contribution is -2.16. The molecule has 0 saturated carbocycles. The molecule has 2 rings (SSSR count). The van der Waals surface area contributed by atoms with E-state index in [0.29, 0.717) is 77.6 Å². The van der Waals surface area contributed by atoms with Crippen LogP contribution >= 0.6 is 0 Å². The van der Waals surface area contributed by atoms with Gasteiger partial charge in [-0.05, 0) is 24.6 Å². The highest BCUT2D eigenvalue weighted by molar-refractivity contribution is 5.43. The highest BCUT2D eigenvalue weighted by Crippen LogP contribution is 2.30. The molecule has 7 heteroatoms. The van der Waals surface area contributed by atoms with Gasteiger partial charge in [-0.2, -0.15) is 0 Å². The zero-order valence-electron chi connectivity index (χ0n) is 14.8. The van der Waals surface area contributed by atoms with Crippen molar-refractivity contribution in [3.05, 3.63) is 23.8 Å². The van der Waals surface area contributed by atoms with Crippen LogP contribution in [0.2, 0.25) is 0 Å². The van der Waals surface area contributed by atoms with Crippen LogP contribution < -0.4 is 9.47 Å². The quantitative estimate of drug-likeness (QED) is 0.819. The first-order valence-electron chi connectivity index (χ1n) is 8.66. The number of hydrogen-bond acceptors (Lipinski definition) is 7. The number of fused-ring (bicyclic) bond motifs is 1. The summed E-state index contributed by atoms with van der Waals surface area (Å²) in [6.45, 7) is 6.55. The summed E-state index contributed by atoms with van der Waals surface area (Å²) in [5.41, 5.74) is 0.771. The summed E-state index contributed by atoms with van der Waals surface area (Å²) in [5.74, 6) is 1.20. The Morgan fingerprint density at radius 3 is 1.60 bits per heavy atom. The lowest BCUT2D eigenvalue weighted by atomic mass is 10.1. The lowest BCUT2D eigenvalue weighted by Gasteiger charge is -2.16. The molecule has 1 aromatic carbocycles. The number of benzene rings is 1. The third-order valence-electron chi connectivity index (χ3n) is 3.54. The summed E-state index contributed by atoms with van der Waals surface area (Å²) < 4.78 is 33.2. The lowest BCUT2D eigenvalue weighted by molar-refractivity contribution is -0.00843. The van der Waals surface area contributed by atoms with Crippen LogP contribution in [0.4, 0.5) is 0 Å². The molecule has 0 amide bonds. The first kappa shape index (κ1) is 19.9. The van der Waals surface area contributed by atoms with E-state index >= 15 is 0 Å². The predicted molar refractivity (Wildman–Crippen MR) is 91.3 cm³/mol. The summed E-state index contributed by atoms with van der Waals surface area (Å²) in [7, 11) is 0. The highest BCUT2D eigenvalue weighted by Gasteiger charge is 2.10. The van der Waals surface area contributed by atoms with E-state index in [0.717, 1.165) is 5.56 Å². The second kappa shape index (κ2) is 12.1. The standard InChI is InChI=1S/C18H28O7/c1-15(19)16-2-3-17-18(14-16)25-13-11-23-9-7-21-5-4-20-6-8-22-10-12-24-17/h2-3,14-15,19H,4-13H2,1H3/t15-/m1/s1. The Bertz CT molecular complexity index is 478. The Kier molecular flexibility index (Phi) is 9.61. The van der Waals surface area contributed by atoms with E-state index in [-0.39, 0.29) is 0 Å². The van der Waals surface area contributed by atoms with Crippen molar-refractivity contribution in [3.8, 4) is 11.5 Å². The normalized spacial score (nSPS) is 20.2. The van der Waals surface area contributed by atoms with E-state index in [1.54, 1.807) is 19.1 Å². The van der Waals surface area contributed by atoms with Gasteiger partial charge in [0.05, 0.1) is 59.0 Å². The first-order chi connectivity index (χ1) is 12.3. The van der Waals surface area contributed by atoms with E-state index in [4.69, 9.17) is 28.4 Å². The maximum Gasteiger partial charge on any atom is 0.161 e. The van der Waals surface area contributed by atoms with Gasteiger partial charge in [-0.3, -0.25) is 0 Å². The molecule has 7 nitrogen and oxygen atoms in total. The fourth-order valence-electron chi connectivity index (χ4n) is 2.20. The zero-order chi connectivity index (χ0) is 17.7. The number of hydrogen-bond donors (Lipinski definition) is 1. The number of aliphatic hydroxyl groups is 1. The molecule has 0 spiro atoms. The Balaban J connectivity index is 1.92. The average Bonchev–Trinajstić information content (AvgIpc) is 2.61. The van der Waals surface area contributed by atoms with E-state index in [1.165, 1.54) is 0 Å². The van der Waals surface area contributed by atoms with Gasteiger partial charge in [-0.25, -0.2) is 0 Å². The zero-order valence-corrected chi connectivity index (χ0v) is 14.8. The summed E-state index contributed by atoms with van der Waals surface area (Å²) in [4.78, 5) is 0. The predicted octanol–water partition coefficient (Wildman–Crippen LogP) is 1.58. The molecule has 1 aliphatic heterocycles. The van der Waals surface area contributed by atoms with Gasteiger partial charge < -0.3 is 33.5 Å². The number of rotatable bonds is 1. The van der Waals surface area contributed by atoms with E-state index < -0.39 is 6.10 Å². The second-order valence-corrected chi connectivity index (χ2v) is 5.53. The molecule has 0 aliphatic carbocycles. The minimum atomic E-state index is -0.571. The van der Waals surface area contributed by atoms with Crippen LogP contribution in [0.5, 0.6) is 11.5 Å². The van der Waals surface area contributed by atoms with Crippen LogP contribution in [0.25, 0.3) is 0 Å². The molecule has 1 aliphatic rings. The van der Waals surface area contributed by atoms with Gasteiger partial charge in [-0.1, -0.05) is 6.07 Å². The van der Waals surface area contributed by atoms with Gasteiger partial charge in [0.2, 0.25) is 0 Å². The van der Waals surface area contributed by atoms with Crippen molar-refractivity contribution in [3.63, 3.8) is 0 Å². The molecule has 1 atom stereocenters. The smallest absolute Gasteiger partial charge is 0.161 e. The van der Waals surface area contributed by atoms with Gasteiger partial charge in [0.25, 0.3) is 0 Å². The Morgan fingerprint density at radius 2 is 1.12 bits per heavy atom. The topological polar surface area (TPSA) is 75.6 Å². The van der Waals surface area contributed by atoms with E-state index in [9.17, 15) is 5.11 Å². The van der Waals surface area contributed by atoms with Gasteiger partial charge in [0.1, 0.15) is 13.2 Å². The molecular weight excluding hydrogens is 328 g/mol. The maximum atomic E-state index is 9.74. The van der Waals surface area contributed by atoms with Gasteiger partial charge in [0.15, 0.2) is 11.5 Å². The summed E-state index contributed by atoms with van der Waals surface area (Å²) in [6.07, 6.45) is -0.571. The Hall–Kier alpha value is -1.38. The minimum Gasteiger partial charge on any atom is -0.487 e. The molecule has 0 radical (unpaired) electrons. The van der Waals surface area contributed by atoms with Crippen LogP contribution in [0.1, 0.15) is 18.6 Å². The van der Waals surface area contributed by atoms with Gasteiger partial charge >= 0.3 is 0 Å². The molecule has 1 N–H and O–H groups in total.